The number of nitrogens with one attached hydrogen (secondary N) is 1. The number of hydrogen-bond acceptors (Lipinski definition) is 3. The van der Waals surface area contributed by atoms with Gasteiger partial charge in [0.1, 0.15) is 5.75 Å². The molecule has 2 aromatic carbocycles. The molecule has 0 unspecified atom stereocenters. The zero-order valence-corrected chi connectivity index (χ0v) is 9.22. The lowest BCUT2D eigenvalue weighted by atomic mass is 10.2. The van der Waals surface area contributed by atoms with Crippen LogP contribution in [0.2, 0.25) is 0 Å². The first-order valence-corrected chi connectivity index (χ1v) is 5.15. The Balaban J connectivity index is 2.16. The smallest absolute Gasteiger partial charge is 0.255 e. The Morgan fingerprint density at radius 1 is 1.06 bits per heavy atom. The molecule has 0 heterocycles. The van der Waals surface area contributed by atoms with Gasteiger partial charge in [0.05, 0.1) is 0 Å². The first-order chi connectivity index (χ1) is 8.56. The Kier molecular flexibility index (Phi) is 3.14. The molecule has 0 saturated carbocycles. The van der Waals surface area contributed by atoms with Crippen molar-refractivity contribution in [3.8, 4) is 11.5 Å². The number of halogens is 1. The van der Waals surface area contributed by atoms with Gasteiger partial charge in [-0.2, -0.15) is 0 Å². The Hall–Kier alpha value is -2.56. The molecule has 0 saturated heterocycles. The number of carbonyl (C=O) groups excluding carboxylic acids is 1. The van der Waals surface area contributed by atoms with Crippen molar-refractivity contribution in [2.45, 2.75) is 0 Å². The maximum atomic E-state index is 13.1. The van der Waals surface area contributed by atoms with Crippen LogP contribution in [0.1, 0.15) is 10.4 Å². The molecule has 0 aliphatic heterocycles. The number of hydrogen-bond donors (Lipinski definition) is 3. The first kappa shape index (κ1) is 11.9. The molecule has 3 N–H and O–H groups in total. The summed E-state index contributed by atoms with van der Waals surface area (Å²) in [6.07, 6.45) is 0. The Labute approximate surface area is 102 Å². The van der Waals surface area contributed by atoms with E-state index in [9.17, 15) is 9.18 Å². The van der Waals surface area contributed by atoms with E-state index in [4.69, 9.17) is 10.2 Å². The van der Waals surface area contributed by atoms with Crippen LogP contribution < -0.4 is 5.32 Å². The predicted molar refractivity (Wildman–Crippen MR) is 64.1 cm³/mol. The van der Waals surface area contributed by atoms with Crippen LogP contribution in [0.5, 0.6) is 11.5 Å². The highest BCUT2D eigenvalue weighted by Gasteiger charge is 2.07. The van der Waals surface area contributed by atoms with Crippen molar-refractivity contribution in [3.05, 3.63) is 53.8 Å². The van der Waals surface area contributed by atoms with Crippen LogP contribution in [0.4, 0.5) is 10.1 Å². The predicted octanol–water partition coefficient (Wildman–Crippen LogP) is 2.49. The molecule has 0 aromatic heterocycles. The summed E-state index contributed by atoms with van der Waals surface area (Å²) >= 11 is 0. The minimum atomic E-state index is -0.807. The van der Waals surface area contributed by atoms with E-state index in [1.807, 2.05) is 0 Å². The van der Waals surface area contributed by atoms with Gasteiger partial charge in [0.15, 0.2) is 11.6 Å². The van der Waals surface area contributed by atoms with Gasteiger partial charge in [0.2, 0.25) is 0 Å². The summed E-state index contributed by atoms with van der Waals surface area (Å²) in [5.41, 5.74) is 0.574. The third-order valence-corrected chi connectivity index (χ3v) is 2.34. The van der Waals surface area contributed by atoms with Crippen molar-refractivity contribution in [3.63, 3.8) is 0 Å². The van der Waals surface area contributed by atoms with Gasteiger partial charge in [-0.25, -0.2) is 4.39 Å². The second kappa shape index (κ2) is 4.75. The lowest BCUT2D eigenvalue weighted by Gasteiger charge is -2.06. The summed E-state index contributed by atoms with van der Waals surface area (Å²) in [6.45, 7) is 0. The molecule has 0 spiro atoms. The largest absolute Gasteiger partial charge is 0.508 e. The van der Waals surface area contributed by atoms with E-state index in [1.165, 1.54) is 30.3 Å². The van der Waals surface area contributed by atoms with E-state index in [0.29, 0.717) is 5.56 Å². The normalized spacial score (nSPS) is 10.1. The van der Waals surface area contributed by atoms with Crippen LogP contribution in [-0.4, -0.2) is 16.1 Å². The van der Waals surface area contributed by atoms with Crippen molar-refractivity contribution >= 4 is 11.6 Å². The topological polar surface area (TPSA) is 69.6 Å². The molecule has 0 aliphatic rings. The maximum absolute atomic E-state index is 13.1. The van der Waals surface area contributed by atoms with Gasteiger partial charge in [-0.15, -0.1) is 0 Å². The molecule has 1 amide bonds. The molecule has 18 heavy (non-hydrogen) atoms. The van der Waals surface area contributed by atoms with Crippen molar-refractivity contribution in [2.75, 3.05) is 5.32 Å². The van der Waals surface area contributed by atoms with Crippen molar-refractivity contribution in [2.24, 2.45) is 0 Å². The summed E-state index contributed by atoms with van der Waals surface area (Å²) in [4.78, 5) is 11.7. The van der Waals surface area contributed by atoms with Crippen molar-refractivity contribution in [1.82, 2.24) is 0 Å². The average molecular weight is 247 g/mol. The number of benzene rings is 2. The van der Waals surface area contributed by atoms with Crippen LogP contribution >= 0.6 is 0 Å². The molecule has 2 rings (SSSR count). The van der Waals surface area contributed by atoms with E-state index in [2.05, 4.69) is 5.32 Å². The van der Waals surface area contributed by atoms with Crippen LogP contribution in [0.3, 0.4) is 0 Å². The second-order valence-electron chi connectivity index (χ2n) is 3.67. The fourth-order valence-corrected chi connectivity index (χ4v) is 1.40. The highest BCUT2D eigenvalue weighted by molar-refractivity contribution is 6.04. The molecule has 0 radical (unpaired) electrons. The Morgan fingerprint density at radius 2 is 1.72 bits per heavy atom. The van der Waals surface area contributed by atoms with Gasteiger partial charge < -0.3 is 15.5 Å². The number of amides is 1. The monoisotopic (exact) mass is 247 g/mol. The van der Waals surface area contributed by atoms with Crippen LogP contribution in [0.15, 0.2) is 42.5 Å². The molecule has 92 valence electrons. The Bertz CT molecular complexity index is 581. The maximum Gasteiger partial charge on any atom is 0.255 e. The molecule has 5 heteroatoms. The quantitative estimate of drug-likeness (QED) is 0.714. The molecule has 0 aliphatic carbocycles. The minimum Gasteiger partial charge on any atom is -0.508 e. The summed E-state index contributed by atoms with van der Waals surface area (Å²) in [6, 6.07) is 9.22. The standard InChI is InChI=1S/C13H10FNO3/c14-11-7-9(3-6-12(11)17)15-13(18)8-1-4-10(16)5-2-8/h1-7,16-17H,(H,15,18). The number of carbonyl (C=O) groups is 1. The van der Waals surface area contributed by atoms with Gasteiger partial charge >= 0.3 is 0 Å². The van der Waals surface area contributed by atoms with Crippen LogP contribution in [0, 0.1) is 5.82 Å². The summed E-state index contributed by atoms with van der Waals surface area (Å²) in [7, 11) is 0. The summed E-state index contributed by atoms with van der Waals surface area (Å²) in [5.74, 6) is -1.65. The van der Waals surface area contributed by atoms with Gasteiger partial charge in [-0.05, 0) is 36.4 Å². The number of phenols is 2. The fourth-order valence-electron chi connectivity index (χ4n) is 1.40. The lowest BCUT2D eigenvalue weighted by Crippen LogP contribution is -2.11. The lowest BCUT2D eigenvalue weighted by molar-refractivity contribution is 0.102. The summed E-state index contributed by atoms with van der Waals surface area (Å²) in [5, 5.41) is 20.6. The van der Waals surface area contributed by atoms with Gasteiger partial charge in [-0.1, -0.05) is 0 Å². The zero-order valence-electron chi connectivity index (χ0n) is 9.22. The molecular weight excluding hydrogens is 237 g/mol. The van der Waals surface area contributed by atoms with E-state index in [-0.39, 0.29) is 11.4 Å². The highest BCUT2D eigenvalue weighted by atomic mass is 19.1. The SMILES string of the molecule is O=C(Nc1ccc(O)c(F)c1)c1ccc(O)cc1. The van der Waals surface area contributed by atoms with Crippen molar-refractivity contribution in [1.29, 1.82) is 0 Å². The van der Waals surface area contributed by atoms with Crippen LogP contribution in [0.25, 0.3) is 0 Å². The second-order valence-corrected chi connectivity index (χ2v) is 3.67. The number of phenolic OH excluding ortho intramolecular Hbond substituents is 2. The van der Waals surface area contributed by atoms with Crippen LogP contribution in [-0.2, 0) is 0 Å². The molecular formula is C13H10FNO3. The number of aromatic hydroxyl groups is 2. The average Bonchev–Trinajstić information content (AvgIpc) is 2.34. The first-order valence-electron chi connectivity index (χ1n) is 5.15. The number of rotatable bonds is 2. The third-order valence-electron chi connectivity index (χ3n) is 2.34. The molecule has 2 aromatic rings. The Morgan fingerprint density at radius 3 is 2.33 bits per heavy atom. The van der Waals surface area contributed by atoms with E-state index >= 15 is 0 Å². The van der Waals surface area contributed by atoms with E-state index < -0.39 is 17.5 Å². The highest BCUT2D eigenvalue weighted by Crippen LogP contribution is 2.20. The van der Waals surface area contributed by atoms with E-state index in [0.717, 1.165) is 12.1 Å². The molecule has 4 nitrogen and oxygen atoms in total. The molecule has 0 fully saturated rings. The third kappa shape index (κ3) is 2.57. The van der Waals surface area contributed by atoms with Gasteiger partial charge in [0.25, 0.3) is 5.91 Å². The zero-order chi connectivity index (χ0) is 13.1. The van der Waals surface area contributed by atoms with Gasteiger partial charge in [-0.3, -0.25) is 4.79 Å². The van der Waals surface area contributed by atoms with E-state index in [1.54, 1.807) is 0 Å². The minimum absolute atomic E-state index is 0.0576. The summed E-state index contributed by atoms with van der Waals surface area (Å²) < 4.78 is 13.1. The van der Waals surface area contributed by atoms with Crippen molar-refractivity contribution < 1.29 is 19.4 Å². The number of anilines is 1. The molecule has 0 bridgehead atoms. The van der Waals surface area contributed by atoms with Gasteiger partial charge in [0, 0.05) is 17.3 Å². The fraction of sp³-hybridized carbons (Fsp3) is 0. The molecule has 0 atom stereocenters.